The Labute approximate surface area is 117 Å². The van der Waals surface area contributed by atoms with Gasteiger partial charge in [-0.25, -0.2) is 4.98 Å². The largest absolute Gasteiger partial charge is 0.334 e. The second-order valence-electron chi connectivity index (χ2n) is 4.63. The van der Waals surface area contributed by atoms with Gasteiger partial charge in [0.1, 0.15) is 0 Å². The van der Waals surface area contributed by atoms with Gasteiger partial charge in [0.2, 0.25) is 0 Å². The Morgan fingerprint density at radius 2 is 2.30 bits per heavy atom. The minimum atomic E-state index is -0.373. The Balaban J connectivity index is 2.03. The molecule has 2 rings (SSSR count). The maximum Gasteiger partial charge on any atom is 0.269 e. The summed E-state index contributed by atoms with van der Waals surface area (Å²) < 4.78 is 2.06. The molecule has 1 aromatic carbocycles. The number of aryl methyl sites for hydroxylation is 1. The van der Waals surface area contributed by atoms with Crippen LogP contribution < -0.4 is 5.32 Å². The van der Waals surface area contributed by atoms with Gasteiger partial charge in [0, 0.05) is 37.5 Å². The van der Waals surface area contributed by atoms with E-state index >= 15 is 0 Å². The van der Waals surface area contributed by atoms with E-state index in [0.29, 0.717) is 6.54 Å². The lowest BCUT2D eigenvalue weighted by Crippen LogP contribution is -2.20. The first-order valence-corrected chi connectivity index (χ1v) is 6.58. The maximum absolute atomic E-state index is 10.8. The van der Waals surface area contributed by atoms with Crippen LogP contribution >= 0.6 is 0 Å². The number of nitro groups is 1. The summed E-state index contributed by atoms with van der Waals surface area (Å²) in [6.07, 6.45) is 3.63. The Morgan fingerprint density at radius 3 is 3.00 bits per heavy atom. The van der Waals surface area contributed by atoms with Gasteiger partial charge in [-0.15, -0.1) is 0 Å². The molecule has 20 heavy (non-hydrogen) atoms. The molecule has 0 aliphatic carbocycles. The monoisotopic (exact) mass is 274 g/mol. The summed E-state index contributed by atoms with van der Waals surface area (Å²) in [6.45, 7) is 5.61. The van der Waals surface area contributed by atoms with Crippen molar-refractivity contribution in [3.63, 3.8) is 0 Å². The second-order valence-corrected chi connectivity index (χ2v) is 4.63. The van der Waals surface area contributed by atoms with Crippen molar-refractivity contribution in [2.24, 2.45) is 0 Å². The molecule has 106 valence electrons. The van der Waals surface area contributed by atoms with Crippen LogP contribution in [0.4, 0.5) is 5.69 Å². The molecule has 1 N–H and O–H groups in total. The van der Waals surface area contributed by atoms with Crippen LogP contribution in [0.3, 0.4) is 0 Å². The number of hydrogen-bond acceptors (Lipinski definition) is 4. The minimum absolute atomic E-state index is 0.0371. The van der Waals surface area contributed by atoms with E-state index in [2.05, 4.69) is 21.8 Å². The fourth-order valence-electron chi connectivity index (χ4n) is 2.06. The Morgan fingerprint density at radius 1 is 1.50 bits per heavy atom. The third-order valence-electron chi connectivity index (χ3n) is 3.31. The molecular weight excluding hydrogens is 256 g/mol. The zero-order chi connectivity index (χ0) is 14.5. The summed E-state index contributed by atoms with van der Waals surface area (Å²) in [5.41, 5.74) is 2.13. The first-order chi connectivity index (χ1) is 9.61. The molecule has 0 aliphatic rings. The smallest absolute Gasteiger partial charge is 0.269 e. The van der Waals surface area contributed by atoms with Crippen molar-refractivity contribution in [1.82, 2.24) is 14.9 Å². The van der Waals surface area contributed by atoms with Gasteiger partial charge in [0.15, 0.2) is 0 Å². The third-order valence-corrected chi connectivity index (χ3v) is 3.31. The quantitative estimate of drug-likeness (QED) is 0.649. The number of nitro benzene ring substituents is 1. The number of nitrogens with one attached hydrogen (secondary N) is 1. The lowest BCUT2D eigenvalue weighted by atomic mass is 10.1. The van der Waals surface area contributed by atoms with Crippen LogP contribution in [0.15, 0.2) is 36.8 Å². The Kier molecular flexibility index (Phi) is 4.47. The number of imidazole rings is 1. The van der Waals surface area contributed by atoms with E-state index in [9.17, 15) is 10.1 Å². The number of hydrogen-bond donors (Lipinski definition) is 1. The van der Waals surface area contributed by atoms with Gasteiger partial charge < -0.3 is 9.88 Å². The van der Waals surface area contributed by atoms with Crippen molar-refractivity contribution in [2.45, 2.75) is 33.0 Å². The van der Waals surface area contributed by atoms with Gasteiger partial charge in [0.25, 0.3) is 5.69 Å². The van der Waals surface area contributed by atoms with Gasteiger partial charge in [-0.3, -0.25) is 10.1 Å². The molecule has 1 unspecified atom stereocenters. The lowest BCUT2D eigenvalue weighted by molar-refractivity contribution is -0.384. The van der Waals surface area contributed by atoms with Crippen LogP contribution in [0.5, 0.6) is 0 Å². The highest BCUT2D eigenvalue weighted by atomic mass is 16.6. The molecular formula is C14H18N4O2. The van der Waals surface area contributed by atoms with Crippen LogP contribution in [0.2, 0.25) is 0 Å². The summed E-state index contributed by atoms with van der Waals surface area (Å²) in [5, 5.41) is 14.1. The SMILES string of the molecule is CCn1cncc1CNC(C)c1cccc([N+](=O)[O-])c1. The van der Waals surface area contributed by atoms with Crippen LogP contribution in [-0.4, -0.2) is 14.5 Å². The molecule has 0 bridgehead atoms. The van der Waals surface area contributed by atoms with E-state index in [4.69, 9.17) is 0 Å². The van der Waals surface area contributed by atoms with Crippen molar-refractivity contribution in [3.05, 3.63) is 58.2 Å². The summed E-state index contributed by atoms with van der Waals surface area (Å²) >= 11 is 0. The minimum Gasteiger partial charge on any atom is -0.334 e. The van der Waals surface area contributed by atoms with E-state index < -0.39 is 0 Å². The van der Waals surface area contributed by atoms with E-state index in [1.54, 1.807) is 18.5 Å². The number of benzene rings is 1. The van der Waals surface area contributed by atoms with Crippen molar-refractivity contribution >= 4 is 5.69 Å². The number of aromatic nitrogens is 2. The van der Waals surface area contributed by atoms with Crippen LogP contribution in [-0.2, 0) is 13.1 Å². The molecule has 1 heterocycles. The van der Waals surface area contributed by atoms with Crippen molar-refractivity contribution < 1.29 is 4.92 Å². The third kappa shape index (κ3) is 3.21. The molecule has 0 radical (unpaired) electrons. The standard InChI is InChI=1S/C14H18N4O2/c1-3-17-10-15-8-14(17)9-16-11(2)12-5-4-6-13(7-12)18(19)20/h4-8,10-11,16H,3,9H2,1-2H3. The van der Waals surface area contributed by atoms with E-state index in [0.717, 1.165) is 17.8 Å². The molecule has 0 amide bonds. The van der Waals surface area contributed by atoms with Crippen molar-refractivity contribution in [1.29, 1.82) is 0 Å². The van der Waals surface area contributed by atoms with Gasteiger partial charge in [-0.2, -0.15) is 0 Å². The highest BCUT2D eigenvalue weighted by Crippen LogP contribution is 2.19. The summed E-state index contributed by atoms with van der Waals surface area (Å²) in [4.78, 5) is 14.5. The predicted molar refractivity (Wildman–Crippen MR) is 76.3 cm³/mol. The number of rotatable bonds is 6. The Hall–Kier alpha value is -2.21. The zero-order valence-electron chi connectivity index (χ0n) is 11.6. The molecule has 6 heteroatoms. The lowest BCUT2D eigenvalue weighted by Gasteiger charge is -2.14. The maximum atomic E-state index is 10.8. The zero-order valence-corrected chi connectivity index (χ0v) is 11.6. The van der Waals surface area contributed by atoms with Crippen LogP contribution in [0.25, 0.3) is 0 Å². The topological polar surface area (TPSA) is 73.0 Å². The van der Waals surface area contributed by atoms with Crippen molar-refractivity contribution in [3.8, 4) is 0 Å². The highest BCUT2D eigenvalue weighted by molar-refractivity contribution is 5.35. The number of non-ortho nitro benzene ring substituents is 1. The van der Waals surface area contributed by atoms with E-state index in [-0.39, 0.29) is 16.7 Å². The normalized spacial score (nSPS) is 12.3. The van der Waals surface area contributed by atoms with Crippen LogP contribution in [0.1, 0.15) is 31.1 Å². The van der Waals surface area contributed by atoms with Gasteiger partial charge in [-0.05, 0) is 19.4 Å². The van der Waals surface area contributed by atoms with Gasteiger partial charge >= 0.3 is 0 Å². The fourth-order valence-corrected chi connectivity index (χ4v) is 2.06. The molecule has 0 fully saturated rings. The summed E-state index contributed by atoms with van der Waals surface area (Å²) in [7, 11) is 0. The Bertz CT molecular complexity index is 594. The van der Waals surface area contributed by atoms with E-state index in [1.165, 1.54) is 6.07 Å². The molecule has 0 spiro atoms. The highest BCUT2D eigenvalue weighted by Gasteiger charge is 2.11. The predicted octanol–water partition coefficient (Wildman–Crippen LogP) is 2.66. The van der Waals surface area contributed by atoms with Crippen molar-refractivity contribution in [2.75, 3.05) is 0 Å². The molecule has 2 aromatic rings. The average molecular weight is 274 g/mol. The van der Waals surface area contributed by atoms with E-state index in [1.807, 2.05) is 19.2 Å². The van der Waals surface area contributed by atoms with Gasteiger partial charge in [0.05, 0.1) is 16.9 Å². The molecule has 1 aromatic heterocycles. The van der Waals surface area contributed by atoms with Gasteiger partial charge in [-0.1, -0.05) is 12.1 Å². The molecule has 0 saturated heterocycles. The fraction of sp³-hybridized carbons (Fsp3) is 0.357. The first-order valence-electron chi connectivity index (χ1n) is 6.58. The average Bonchev–Trinajstić information content (AvgIpc) is 2.92. The summed E-state index contributed by atoms with van der Waals surface area (Å²) in [5.74, 6) is 0. The number of nitrogens with zero attached hydrogens (tertiary/aromatic N) is 3. The molecule has 1 atom stereocenters. The molecule has 6 nitrogen and oxygen atoms in total. The second kappa shape index (κ2) is 6.29. The first kappa shape index (κ1) is 14.2. The molecule has 0 aliphatic heterocycles. The van der Waals surface area contributed by atoms with Crippen LogP contribution in [0, 0.1) is 10.1 Å². The summed E-state index contributed by atoms with van der Waals surface area (Å²) in [6, 6.07) is 6.75. The molecule has 0 saturated carbocycles.